The highest BCUT2D eigenvalue weighted by atomic mass is 19.1. The highest BCUT2D eigenvalue weighted by Gasteiger charge is 2.47. The van der Waals surface area contributed by atoms with Crippen molar-refractivity contribution < 1.29 is 13.9 Å². The SMILES string of the molecule is COc1cccc(N2C(=O)[C@H](N)[C@H]2c2ccccc2F)c1. The van der Waals surface area contributed by atoms with Crippen molar-refractivity contribution in [2.45, 2.75) is 12.1 Å². The third-order valence-corrected chi connectivity index (χ3v) is 3.70. The summed E-state index contributed by atoms with van der Waals surface area (Å²) in [5.74, 6) is 0.0444. The van der Waals surface area contributed by atoms with Gasteiger partial charge in [-0.3, -0.25) is 4.79 Å². The first kappa shape index (κ1) is 13.6. The van der Waals surface area contributed by atoms with Gasteiger partial charge in [-0.15, -0.1) is 0 Å². The molecule has 2 aromatic carbocycles. The predicted molar refractivity (Wildman–Crippen MR) is 77.6 cm³/mol. The Labute approximate surface area is 121 Å². The van der Waals surface area contributed by atoms with Gasteiger partial charge in [-0.2, -0.15) is 0 Å². The van der Waals surface area contributed by atoms with Gasteiger partial charge in [0.05, 0.1) is 13.2 Å². The summed E-state index contributed by atoms with van der Waals surface area (Å²) in [6.45, 7) is 0. The van der Waals surface area contributed by atoms with Crippen LogP contribution in [0, 0.1) is 5.82 Å². The molecule has 1 aliphatic heterocycles. The molecule has 0 spiro atoms. The lowest BCUT2D eigenvalue weighted by Crippen LogP contribution is -2.63. The first-order valence-corrected chi connectivity index (χ1v) is 6.60. The highest BCUT2D eigenvalue weighted by molar-refractivity contribution is 6.05. The van der Waals surface area contributed by atoms with Gasteiger partial charge >= 0.3 is 0 Å². The summed E-state index contributed by atoms with van der Waals surface area (Å²) in [6.07, 6.45) is 0. The Morgan fingerprint density at radius 3 is 2.67 bits per heavy atom. The molecule has 0 radical (unpaired) electrons. The van der Waals surface area contributed by atoms with E-state index in [1.807, 2.05) is 0 Å². The number of benzene rings is 2. The molecule has 1 saturated heterocycles. The van der Waals surface area contributed by atoms with Gasteiger partial charge in [0.2, 0.25) is 5.91 Å². The molecule has 0 aromatic heterocycles. The van der Waals surface area contributed by atoms with Crippen molar-refractivity contribution in [3.05, 3.63) is 59.9 Å². The molecular weight excluding hydrogens is 271 g/mol. The molecule has 4 nitrogen and oxygen atoms in total. The van der Waals surface area contributed by atoms with E-state index in [1.165, 1.54) is 11.0 Å². The first-order valence-electron chi connectivity index (χ1n) is 6.60. The number of carbonyl (C=O) groups excluding carboxylic acids is 1. The van der Waals surface area contributed by atoms with Crippen LogP contribution in [0.15, 0.2) is 48.5 Å². The Morgan fingerprint density at radius 2 is 1.95 bits per heavy atom. The van der Waals surface area contributed by atoms with Crippen molar-refractivity contribution in [3.8, 4) is 5.75 Å². The number of anilines is 1. The molecule has 1 heterocycles. The lowest BCUT2D eigenvalue weighted by molar-refractivity contribution is -0.126. The zero-order valence-electron chi connectivity index (χ0n) is 11.5. The van der Waals surface area contributed by atoms with Crippen LogP contribution >= 0.6 is 0 Å². The Hall–Kier alpha value is -2.40. The Morgan fingerprint density at radius 1 is 1.19 bits per heavy atom. The second-order valence-corrected chi connectivity index (χ2v) is 4.90. The van der Waals surface area contributed by atoms with Gasteiger partial charge in [-0.25, -0.2) is 4.39 Å². The molecule has 1 aliphatic rings. The smallest absolute Gasteiger partial charge is 0.247 e. The Kier molecular flexibility index (Phi) is 3.35. The predicted octanol–water partition coefficient (Wildman–Crippen LogP) is 2.25. The molecule has 2 atom stereocenters. The van der Waals surface area contributed by atoms with Crippen molar-refractivity contribution in [3.63, 3.8) is 0 Å². The van der Waals surface area contributed by atoms with Crippen molar-refractivity contribution in [2.24, 2.45) is 5.73 Å². The zero-order valence-corrected chi connectivity index (χ0v) is 11.5. The number of nitrogens with two attached hydrogens (primary N) is 1. The fraction of sp³-hybridized carbons (Fsp3) is 0.188. The van der Waals surface area contributed by atoms with Crippen LogP contribution in [0.2, 0.25) is 0 Å². The molecule has 3 rings (SSSR count). The molecule has 108 valence electrons. The average Bonchev–Trinajstić information content (AvgIpc) is 2.52. The fourth-order valence-electron chi connectivity index (χ4n) is 2.61. The van der Waals surface area contributed by atoms with Crippen LogP contribution in [0.25, 0.3) is 0 Å². The quantitative estimate of drug-likeness (QED) is 0.880. The standard InChI is InChI=1S/C16H15FN2O2/c1-21-11-6-4-5-10(9-11)19-15(14(18)16(19)20)12-7-2-3-8-13(12)17/h2-9,14-15H,18H2,1H3/t14-,15-/m1/s1. The number of ether oxygens (including phenoxy) is 1. The van der Waals surface area contributed by atoms with Gasteiger partial charge in [0.1, 0.15) is 17.6 Å². The van der Waals surface area contributed by atoms with Crippen LogP contribution in [-0.2, 0) is 4.79 Å². The number of carbonyl (C=O) groups is 1. The van der Waals surface area contributed by atoms with E-state index in [1.54, 1.807) is 49.6 Å². The van der Waals surface area contributed by atoms with E-state index in [-0.39, 0.29) is 11.7 Å². The Balaban J connectivity index is 2.00. The summed E-state index contributed by atoms with van der Waals surface area (Å²) in [4.78, 5) is 13.6. The number of nitrogens with zero attached hydrogens (tertiary/aromatic N) is 1. The number of hydrogen-bond donors (Lipinski definition) is 1. The number of rotatable bonds is 3. The topological polar surface area (TPSA) is 55.6 Å². The van der Waals surface area contributed by atoms with Crippen molar-refractivity contribution in [1.29, 1.82) is 0 Å². The Bertz CT molecular complexity index is 689. The minimum Gasteiger partial charge on any atom is -0.497 e. The molecule has 0 unspecified atom stereocenters. The minimum absolute atomic E-state index is 0.225. The summed E-state index contributed by atoms with van der Waals surface area (Å²) in [7, 11) is 1.55. The highest BCUT2D eigenvalue weighted by Crippen LogP contribution is 2.39. The lowest BCUT2D eigenvalue weighted by Gasteiger charge is -2.45. The van der Waals surface area contributed by atoms with Crippen molar-refractivity contribution in [2.75, 3.05) is 12.0 Å². The fourth-order valence-corrected chi connectivity index (χ4v) is 2.61. The third-order valence-electron chi connectivity index (χ3n) is 3.70. The molecule has 0 bridgehead atoms. The lowest BCUT2D eigenvalue weighted by atomic mass is 9.88. The van der Waals surface area contributed by atoms with Crippen LogP contribution < -0.4 is 15.4 Å². The van der Waals surface area contributed by atoms with E-state index < -0.39 is 12.1 Å². The molecule has 1 fully saturated rings. The van der Waals surface area contributed by atoms with Gasteiger partial charge < -0.3 is 15.4 Å². The minimum atomic E-state index is -0.729. The maximum absolute atomic E-state index is 14.0. The van der Waals surface area contributed by atoms with Crippen molar-refractivity contribution in [1.82, 2.24) is 0 Å². The largest absolute Gasteiger partial charge is 0.497 e. The zero-order chi connectivity index (χ0) is 15.0. The van der Waals surface area contributed by atoms with Crippen LogP contribution in [0.4, 0.5) is 10.1 Å². The summed E-state index contributed by atoms with van der Waals surface area (Å²) < 4.78 is 19.1. The van der Waals surface area contributed by atoms with Gasteiger partial charge in [-0.05, 0) is 18.2 Å². The summed E-state index contributed by atoms with van der Waals surface area (Å²) in [5.41, 5.74) is 6.95. The number of hydrogen-bond acceptors (Lipinski definition) is 3. The van der Waals surface area contributed by atoms with E-state index in [0.29, 0.717) is 17.0 Å². The van der Waals surface area contributed by atoms with E-state index in [4.69, 9.17) is 10.5 Å². The van der Waals surface area contributed by atoms with Gasteiger partial charge in [0.15, 0.2) is 0 Å². The van der Waals surface area contributed by atoms with Crippen LogP contribution in [0.1, 0.15) is 11.6 Å². The summed E-state index contributed by atoms with van der Waals surface area (Å²) in [6, 6.07) is 12.2. The molecule has 0 aliphatic carbocycles. The monoisotopic (exact) mass is 286 g/mol. The molecule has 5 heteroatoms. The number of methoxy groups -OCH3 is 1. The third kappa shape index (κ3) is 2.15. The number of amides is 1. The van der Waals surface area contributed by atoms with Crippen LogP contribution in [0.3, 0.4) is 0 Å². The number of β-lactam (4-membered cyclic amide) rings is 1. The summed E-state index contributed by atoms with van der Waals surface area (Å²) in [5, 5.41) is 0. The summed E-state index contributed by atoms with van der Waals surface area (Å²) >= 11 is 0. The molecule has 2 aromatic rings. The van der Waals surface area contributed by atoms with Gasteiger partial charge in [-0.1, -0.05) is 24.3 Å². The molecule has 2 N–H and O–H groups in total. The van der Waals surface area contributed by atoms with Gasteiger partial charge in [0.25, 0.3) is 0 Å². The average molecular weight is 286 g/mol. The molecule has 1 amide bonds. The van der Waals surface area contributed by atoms with Gasteiger partial charge in [0, 0.05) is 17.3 Å². The number of halogens is 1. The molecular formula is C16H15FN2O2. The van der Waals surface area contributed by atoms with E-state index in [2.05, 4.69) is 0 Å². The van der Waals surface area contributed by atoms with Crippen LogP contribution in [-0.4, -0.2) is 19.1 Å². The van der Waals surface area contributed by atoms with E-state index in [0.717, 1.165) is 0 Å². The molecule has 21 heavy (non-hydrogen) atoms. The van der Waals surface area contributed by atoms with E-state index >= 15 is 0 Å². The second kappa shape index (κ2) is 5.18. The maximum Gasteiger partial charge on any atom is 0.247 e. The first-order chi connectivity index (χ1) is 10.1. The molecule has 0 saturated carbocycles. The van der Waals surface area contributed by atoms with Crippen molar-refractivity contribution >= 4 is 11.6 Å². The van der Waals surface area contributed by atoms with Crippen LogP contribution in [0.5, 0.6) is 5.75 Å². The normalized spacial score (nSPS) is 21.1. The van der Waals surface area contributed by atoms with E-state index in [9.17, 15) is 9.18 Å². The maximum atomic E-state index is 14.0. The second-order valence-electron chi connectivity index (χ2n) is 4.90.